The second-order valence-electron chi connectivity index (χ2n) is 0.408. The van der Waals surface area contributed by atoms with E-state index < -0.39 is 10.4 Å². The van der Waals surface area contributed by atoms with Crippen LogP contribution in [0.3, 0.4) is 0 Å². The molecule has 0 atom stereocenters. The molecule has 0 aromatic rings. The number of hydrogen-bond acceptors (Lipinski definition) is 4. The Morgan fingerprint density at radius 3 is 1.00 bits per heavy atom. The maximum Gasteiger partial charge on any atom is 2.00 e. The minimum absolute atomic E-state index is 0. The van der Waals surface area contributed by atoms with Crippen LogP contribution in [0.15, 0.2) is 0 Å². The summed E-state index contributed by atoms with van der Waals surface area (Å²) < 4.78 is 34.1. The first-order valence-electron chi connectivity index (χ1n) is 0.667. The molecule has 0 aliphatic rings. The molecule has 0 bridgehead atoms. The van der Waals surface area contributed by atoms with Crippen LogP contribution in [0.4, 0.5) is 0 Å². The topological polar surface area (TPSA) is 143 Å². The zero-order valence-corrected chi connectivity index (χ0v) is 5.98. The van der Waals surface area contributed by atoms with Gasteiger partial charge in [0.2, 0.25) is 0 Å². The van der Waals surface area contributed by atoms with Gasteiger partial charge in [0.15, 0.2) is 0 Å². The fourth-order valence-corrected chi connectivity index (χ4v) is 0. The third-order valence-electron chi connectivity index (χ3n) is 0. The van der Waals surface area contributed by atoms with Gasteiger partial charge in [-0.25, -0.2) is 0 Å². The average molecular weight is 156 g/mol. The van der Waals surface area contributed by atoms with E-state index in [1.807, 2.05) is 0 Å². The van der Waals surface area contributed by atoms with Gasteiger partial charge in [-0.05, 0) is 0 Å². The monoisotopic (exact) mass is 156 g/mol. The van der Waals surface area contributed by atoms with Crippen molar-refractivity contribution in [2.75, 3.05) is 0 Å². The standard InChI is InChI=1S/Mg.H2O4S.2H2O/c;1-5(2,3)4;;/h;(H2,1,2,3,4);2*1H2/q+2;;;/p-2. The van der Waals surface area contributed by atoms with E-state index in [4.69, 9.17) is 17.5 Å². The Morgan fingerprint density at radius 1 is 1.00 bits per heavy atom. The summed E-state index contributed by atoms with van der Waals surface area (Å²) >= 11 is 0. The van der Waals surface area contributed by atoms with Crippen molar-refractivity contribution in [1.82, 2.24) is 0 Å². The van der Waals surface area contributed by atoms with Crippen molar-refractivity contribution in [2.24, 2.45) is 0 Å². The Morgan fingerprint density at radius 2 is 1.00 bits per heavy atom. The summed E-state index contributed by atoms with van der Waals surface area (Å²) in [5.74, 6) is 0. The van der Waals surface area contributed by atoms with Crippen LogP contribution in [-0.2, 0) is 10.4 Å². The van der Waals surface area contributed by atoms with Gasteiger partial charge in [-0.1, -0.05) is 0 Å². The van der Waals surface area contributed by atoms with Crippen LogP contribution in [-0.4, -0.2) is 51.5 Å². The van der Waals surface area contributed by atoms with Gasteiger partial charge in [0.1, 0.15) is 0 Å². The van der Waals surface area contributed by atoms with Crippen molar-refractivity contribution in [1.29, 1.82) is 0 Å². The van der Waals surface area contributed by atoms with Crippen LogP contribution in [0.5, 0.6) is 0 Å². The van der Waals surface area contributed by atoms with E-state index >= 15 is 0 Å². The predicted octanol–water partition coefficient (Wildman–Crippen LogP) is -3.37. The second kappa shape index (κ2) is 7.56. The Kier molecular flexibility index (Phi) is 22.2. The smallest absolute Gasteiger partial charge is 0.759 e. The summed E-state index contributed by atoms with van der Waals surface area (Å²) in [6, 6.07) is 0. The first-order valence-corrected chi connectivity index (χ1v) is 2.00. The SMILES string of the molecule is O.O.O=S(=O)([O-])[O-].[Mg+2]. The molecular weight excluding hydrogens is 152 g/mol. The Bertz CT molecular complexity index is 91.7. The molecular formula is H4MgO6S. The van der Waals surface area contributed by atoms with Crippen LogP contribution in [0.2, 0.25) is 0 Å². The molecule has 0 unspecified atom stereocenters. The van der Waals surface area contributed by atoms with Gasteiger partial charge >= 0.3 is 23.1 Å². The zero-order chi connectivity index (χ0) is 4.50. The molecule has 8 heteroatoms. The molecule has 8 heavy (non-hydrogen) atoms. The van der Waals surface area contributed by atoms with Crippen LogP contribution in [0.25, 0.3) is 0 Å². The minimum Gasteiger partial charge on any atom is -0.759 e. The van der Waals surface area contributed by atoms with Crippen molar-refractivity contribution in [3.63, 3.8) is 0 Å². The van der Waals surface area contributed by atoms with E-state index in [-0.39, 0.29) is 34.0 Å². The molecule has 0 saturated carbocycles. The maximum absolute atomic E-state index is 8.52. The normalized spacial score (nSPS) is 7.25. The zero-order valence-electron chi connectivity index (χ0n) is 3.75. The van der Waals surface area contributed by atoms with E-state index in [9.17, 15) is 0 Å². The summed E-state index contributed by atoms with van der Waals surface area (Å²) in [6.45, 7) is 0. The minimum atomic E-state index is -5.17. The molecule has 0 fully saturated rings. The molecule has 0 rings (SSSR count). The Labute approximate surface area is 62.2 Å². The third-order valence-corrected chi connectivity index (χ3v) is 0. The van der Waals surface area contributed by atoms with Crippen molar-refractivity contribution in [3.8, 4) is 0 Å². The quantitative estimate of drug-likeness (QED) is 0.205. The summed E-state index contributed by atoms with van der Waals surface area (Å²) in [5, 5.41) is 0. The maximum atomic E-state index is 8.52. The number of rotatable bonds is 0. The van der Waals surface area contributed by atoms with Crippen LogP contribution >= 0.6 is 0 Å². The fourth-order valence-electron chi connectivity index (χ4n) is 0. The summed E-state index contributed by atoms with van der Waals surface area (Å²) in [7, 11) is -5.17. The van der Waals surface area contributed by atoms with Gasteiger partial charge in [0.05, 0.1) is 0 Å². The number of hydrogen-bond donors (Lipinski definition) is 0. The van der Waals surface area contributed by atoms with Gasteiger partial charge in [-0.3, -0.25) is 8.42 Å². The van der Waals surface area contributed by atoms with E-state index in [0.29, 0.717) is 0 Å². The van der Waals surface area contributed by atoms with Gasteiger partial charge in [-0.2, -0.15) is 0 Å². The van der Waals surface area contributed by atoms with Crippen LogP contribution in [0, 0.1) is 0 Å². The summed E-state index contributed by atoms with van der Waals surface area (Å²) in [4.78, 5) is 0. The van der Waals surface area contributed by atoms with E-state index in [1.54, 1.807) is 0 Å². The first-order chi connectivity index (χ1) is 2.00. The summed E-state index contributed by atoms with van der Waals surface area (Å²) in [5.41, 5.74) is 0. The third kappa shape index (κ3) is 654. The fraction of sp³-hybridized carbons (Fsp3) is 0. The molecule has 0 aromatic heterocycles. The molecule has 0 radical (unpaired) electrons. The van der Waals surface area contributed by atoms with Crippen LogP contribution in [0.1, 0.15) is 0 Å². The van der Waals surface area contributed by atoms with E-state index in [0.717, 1.165) is 0 Å². The molecule has 4 N–H and O–H groups in total. The van der Waals surface area contributed by atoms with Crippen molar-refractivity contribution in [3.05, 3.63) is 0 Å². The van der Waals surface area contributed by atoms with Crippen molar-refractivity contribution in [2.45, 2.75) is 0 Å². The van der Waals surface area contributed by atoms with Crippen LogP contribution < -0.4 is 0 Å². The van der Waals surface area contributed by atoms with E-state index in [1.165, 1.54) is 0 Å². The molecule has 0 saturated heterocycles. The largest absolute Gasteiger partial charge is 2.00 e. The molecule has 0 aromatic carbocycles. The molecule has 0 aliphatic heterocycles. The van der Waals surface area contributed by atoms with Crippen molar-refractivity contribution < 1.29 is 28.5 Å². The first kappa shape index (κ1) is 23.5. The predicted molar refractivity (Wildman–Crippen MR) is 23.5 cm³/mol. The van der Waals surface area contributed by atoms with Gasteiger partial charge in [-0.15, -0.1) is 0 Å². The Balaban J connectivity index is -0.0000000267. The summed E-state index contributed by atoms with van der Waals surface area (Å²) in [6.07, 6.45) is 0. The molecule has 6 nitrogen and oxygen atoms in total. The molecule has 0 aliphatic carbocycles. The Hall–Kier alpha value is 0.556. The molecule has 0 spiro atoms. The molecule has 48 valence electrons. The van der Waals surface area contributed by atoms with E-state index in [2.05, 4.69) is 0 Å². The van der Waals surface area contributed by atoms with Gasteiger partial charge in [0.25, 0.3) is 0 Å². The molecule has 0 heterocycles. The van der Waals surface area contributed by atoms with Crippen molar-refractivity contribution >= 4 is 33.5 Å². The van der Waals surface area contributed by atoms with Gasteiger partial charge in [0, 0.05) is 10.4 Å². The second-order valence-corrected chi connectivity index (χ2v) is 1.22. The molecule has 0 amide bonds. The average Bonchev–Trinajstić information content (AvgIpc) is 0.722. The van der Waals surface area contributed by atoms with Gasteiger partial charge < -0.3 is 20.1 Å².